The first-order valence-electron chi connectivity index (χ1n) is 8.04. The Morgan fingerprint density at radius 2 is 1.69 bits per heavy atom. The molecule has 0 aromatic heterocycles. The summed E-state index contributed by atoms with van der Waals surface area (Å²) in [4.78, 5) is 2.26. The van der Waals surface area contributed by atoms with Crippen LogP contribution in [0.1, 0.15) is 11.1 Å². The highest BCUT2D eigenvalue weighted by atomic mass is 32.2. The van der Waals surface area contributed by atoms with Gasteiger partial charge in [0.15, 0.2) is 5.84 Å². The second kappa shape index (κ2) is 7.13. The molecule has 0 radical (unpaired) electrons. The van der Waals surface area contributed by atoms with Crippen molar-refractivity contribution in [1.29, 1.82) is 0 Å². The first-order valence-corrected chi connectivity index (χ1v) is 9.48. The van der Waals surface area contributed by atoms with E-state index in [0.717, 1.165) is 11.3 Å². The molecule has 6 nitrogen and oxygen atoms in total. The summed E-state index contributed by atoms with van der Waals surface area (Å²) in [6.45, 7) is 0. The number of benzene rings is 2. The van der Waals surface area contributed by atoms with Crippen molar-refractivity contribution in [3.05, 3.63) is 65.7 Å². The van der Waals surface area contributed by atoms with Gasteiger partial charge >= 0.3 is 0 Å². The topological polar surface area (TPSA) is 65.3 Å². The summed E-state index contributed by atoms with van der Waals surface area (Å²) >= 11 is 0. The van der Waals surface area contributed by atoms with E-state index in [9.17, 15) is 8.42 Å². The average Bonchev–Trinajstić information content (AvgIpc) is 2.91. The van der Waals surface area contributed by atoms with Gasteiger partial charge in [-0.3, -0.25) is 0 Å². The van der Waals surface area contributed by atoms with Gasteiger partial charge in [-0.2, -0.15) is 13.5 Å². The summed E-state index contributed by atoms with van der Waals surface area (Å²) in [6.07, 6.45) is 5.34. The molecule has 0 amide bonds. The van der Waals surface area contributed by atoms with Gasteiger partial charge in [0, 0.05) is 38.6 Å². The Hall–Kier alpha value is -2.93. The van der Waals surface area contributed by atoms with Gasteiger partial charge in [-0.05, 0) is 35.9 Å². The molecule has 1 aliphatic rings. The number of fused-ring (bicyclic) bond motifs is 1. The molecule has 2 aromatic rings. The Kier molecular flexibility index (Phi) is 4.90. The van der Waals surface area contributed by atoms with Crippen LogP contribution in [-0.4, -0.2) is 46.6 Å². The minimum atomic E-state index is -3.63. The third-order valence-electron chi connectivity index (χ3n) is 3.94. The van der Waals surface area contributed by atoms with Crippen LogP contribution in [0.3, 0.4) is 0 Å². The highest BCUT2D eigenvalue weighted by Crippen LogP contribution is 2.26. The van der Waals surface area contributed by atoms with Gasteiger partial charge in [0.1, 0.15) is 4.90 Å². The minimum Gasteiger partial charge on any atom is -0.378 e. The van der Waals surface area contributed by atoms with Gasteiger partial charge in [-0.15, -0.1) is 4.40 Å². The molecule has 0 saturated heterocycles. The van der Waals surface area contributed by atoms with Crippen molar-refractivity contribution in [3.63, 3.8) is 0 Å². The molecule has 0 N–H and O–H groups in total. The quantitative estimate of drug-likeness (QED) is 0.615. The molecule has 3 rings (SSSR count). The molecule has 0 fully saturated rings. The van der Waals surface area contributed by atoms with E-state index in [2.05, 4.69) is 9.50 Å². The fourth-order valence-electron chi connectivity index (χ4n) is 2.55. The van der Waals surface area contributed by atoms with Crippen LogP contribution in [0.25, 0.3) is 6.08 Å². The first kappa shape index (κ1) is 17.9. The Morgan fingerprint density at radius 1 is 1.00 bits per heavy atom. The summed E-state index contributed by atoms with van der Waals surface area (Å²) in [6, 6.07) is 14.9. The lowest BCUT2D eigenvalue weighted by Crippen LogP contribution is -2.20. The van der Waals surface area contributed by atoms with Crippen LogP contribution in [0, 0.1) is 0 Å². The summed E-state index contributed by atoms with van der Waals surface area (Å²) in [5.41, 5.74) is 2.75. The van der Waals surface area contributed by atoms with E-state index in [4.69, 9.17) is 0 Å². The molecule has 0 atom stereocenters. The standard InChI is InChI=1S/C19H20N4O2S/c1-22(2)16-12-10-15(11-13-16)7-6-14-20-23(3)19-17-8-4-5-9-18(17)26(24,25)21-19/h4-14H,1-3H3/b7-6+,20-14-. The average molecular weight is 368 g/mol. The monoisotopic (exact) mass is 368 g/mol. The van der Waals surface area contributed by atoms with Crippen LogP contribution < -0.4 is 4.90 Å². The summed E-state index contributed by atoms with van der Waals surface area (Å²) in [5.74, 6) is 0.320. The Bertz CT molecular complexity index is 990. The van der Waals surface area contributed by atoms with Gasteiger partial charge < -0.3 is 4.90 Å². The Morgan fingerprint density at radius 3 is 2.38 bits per heavy atom. The fraction of sp³-hybridized carbons (Fsp3) is 0.158. The van der Waals surface area contributed by atoms with Crippen molar-refractivity contribution in [2.75, 3.05) is 26.0 Å². The van der Waals surface area contributed by atoms with Crippen molar-refractivity contribution in [1.82, 2.24) is 5.01 Å². The molecular weight excluding hydrogens is 348 g/mol. The molecule has 1 aliphatic heterocycles. The lowest BCUT2D eigenvalue weighted by molar-refractivity contribution is 0.549. The molecule has 0 unspecified atom stereocenters. The number of anilines is 1. The van der Waals surface area contributed by atoms with Crippen LogP contribution in [0.15, 0.2) is 69.0 Å². The molecular formula is C19H20N4O2S. The lowest BCUT2D eigenvalue weighted by Gasteiger charge is -2.12. The lowest BCUT2D eigenvalue weighted by atomic mass is 10.2. The van der Waals surface area contributed by atoms with E-state index in [0.29, 0.717) is 11.4 Å². The van der Waals surface area contributed by atoms with E-state index >= 15 is 0 Å². The van der Waals surface area contributed by atoms with Crippen molar-refractivity contribution in [2.45, 2.75) is 4.90 Å². The van der Waals surface area contributed by atoms with E-state index in [-0.39, 0.29) is 4.90 Å². The number of nitrogens with zero attached hydrogens (tertiary/aromatic N) is 4. The van der Waals surface area contributed by atoms with Crippen LogP contribution in [0.4, 0.5) is 5.69 Å². The number of rotatable bonds is 4. The zero-order valence-electron chi connectivity index (χ0n) is 14.9. The SMILES string of the molecule is CN(/N=C\C=C\c1ccc(N(C)C)cc1)C1=NS(=O)(=O)c2ccccc21. The van der Waals surface area contributed by atoms with Gasteiger partial charge in [0.25, 0.3) is 10.0 Å². The maximum absolute atomic E-state index is 12.1. The van der Waals surface area contributed by atoms with E-state index in [1.54, 1.807) is 43.6 Å². The number of hydrogen-bond donors (Lipinski definition) is 0. The van der Waals surface area contributed by atoms with E-state index in [1.807, 2.05) is 49.3 Å². The Labute approximate surface area is 153 Å². The molecule has 0 spiro atoms. The third kappa shape index (κ3) is 3.67. The zero-order valence-corrected chi connectivity index (χ0v) is 15.7. The molecule has 0 aliphatic carbocycles. The highest BCUT2D eigenvalue weighted by Gasteiger charge is 2.30. The molecule has 0 bridgehead atoms. The van der Waals surface area contributed by atoms with Crippen molar-refractivity contribution >= 4 is 33.8 Å². The maximum atomic E-state index is 12.1. The number of sulfonamides is 1. The smallest absolute Gasteiger partial charge is 0.285 e. The predicted octanol–water partition coefficient (Wildman–Crippen LogP) is 2.83. The first-order chi connectivity index (χ1) is 12.4. The van der Waals surface area contributed by atoms with Crippen LogP contribution >= 0.6 is 0 Å². The van der Waals surface area contributed by atoms with Gasteiger partial charge in [0.05, 0.1) is 0 Å². The van der Waals surface area contributed by atoms with Gasteiger partial charge in [-0.1, -0.05) is 30.3 Å². The second-order valence-corrected chi connectivity index (χ2v) is 7.59. The van der Waals surface area contributed by atoms with Crippen molar-refractivity contribution in [2.24, 2.45) is 9.50 Å². The number of hydrogen-bond acceptors (Lipinski definition) is 5. The fourth-order valence-corrected chi connectivity index (χ4v) is 3.78. The molecule has 134 valence electrons. The van der Waals surface area contributed by atoms with Gasteiger partial charge in [-0.25, -0.2) is 5.01 Å². The van der Waals surface area contributed by atoms with E-state index < -0.39 is 10.0 Å². The van der Waals surface area contributed by atoms with Crippen LogP contribution in [-0.2, 0) is 10.0 Å². The normalized spacial score (nSPS) is 15.3. The van der Waals surface area contributed by atoms with Crippen molar-refractivity contribution in [3.8, 4) is 0 Å². The third-order valence-corrected chi connectivity index (χ3v) is 5.27. The van der Waals surface area contributed by atoms with Gasteiger partial charge in [0.2, 0.25) is 0 Å². The van der Waals surface area contributed by atoms with E-state index in [1.165, 1.54) is 5.01 Å². The summed E-state index contributed by atoms with van der Waals surface area (Å²) in [5, 5.41) is 5.71. The number of hydrazone groups is 1. The van der Waals surface area contributed by atoms with Crippen molar-refractivity contribution < 1.29 is 8.42 Å². The molecule has 26 heavy (non-hydrogen) atoms. The largest absolute Gasteiger partial charge is 0.378 e. The molecule has 2 aromatic carbocycles. The minimum absolute atomic E-state index is 0.216. The summed E-state index contributed by atoms with van der Waals surface area (Å²) < 4.78 is 28.0. The maximum Gasteiger partial charge on any atom is 0.285 e. The Balaban J connectivity index is 1.71. The zero-order chi connectivity index (χ0) is 18.7. The molecule has 1 heterocycles. The predicted molar refractivity (Wildman–Crippen MR) is 106 cm³/mol. The molecule has 0 saturated carbocycles. The number of amidine groups is 1. The van der Waals surface area contributed by atoms with Crippen LogP contribution in [0.2, 0.25) is 0 Å². The molecule has 7 heteroatoms. The second-order valence-electron chi connectivity index (χ2n) is 6.02. The summed E-state index contributed by atoms with van der Waals surface area (Å²) in [7, 11) is 2.03. The van der Waals surface area contributed by atoms with Crippen LogP contribution in [0.5, 0.6) is 0 Å². The number of allylic oxidation sites excluding steroid dienone is 1. The highest BCUT2D eigenvalue weighted by molar-refractivity contribution is 7.90.